The van der Waals surface area contributed by atoms with E-state index >= 15 is 0 Å². The average molecular weight is 380 g/mol. The van der Waals surface area contributed by atoms with E-state index < -0.39 is 5.54 Å². The summed E-state index contributed by atoms with van der Waals surface area (Å²) in [4.78, 5) is 26.4. The summed E-state index contributed by atoms with van der Waals surface area (Å²) in [6.07, 6.45) is 0.995. The van der Waals surface area contributed by atoms with Gasteiger partial charge in [0, 0.05) is 35.3 Å². The van der Waals surface area contributed by atoms with Crippen LogP contribution in [0.1, 0.15) is 57.2 Å². The Morgan fingerprint density at radius 2 is 1.82 bits per heavy atom. The molecule has 1 saturated heterocycles. The van der Waals surface area contributed by atoms with Gasteiger partial charge in [-0.2, -0.15) is 0 Å². The molecule has 0 radical (unpaired) electrons. The Bertz CT molecular complexity index is 950. The molecule has 2 aromatic carbocycles. The molecule has 1 aliphatic heterocycles. The number of nitrogens with two attached hydrogens (primary N) is 1. The van der Waals surface area contributed by atoms with Crippen molar-refractivity contribution in [2.24, 2.45) is 5.73 Å². The van der Waals surface area contributed by atoms with E-state index in [1.54, 1.807) is 30.3 Å². The maximum atomic E-state index is 13.3. The fourth-order valence-electron chi connectivity index (χ4n) is 4.22. The van der Waals surface area contributed by atoms with Gasteiger partial charge < -0.3 is 20.9 Å². The second kappa shape index (κ2) is 7.13. The lowest BCUT2D eigenvalue weighted by molar-refractivity contribution is 0.00824. The minimum Gasteiger partial charge on any atom is -0.507 e. The van der Waals surface area contributed by atoms with E-state index in [9.17, 15) is 14.7 Å². The maximum absolute atomic E-state index is 13.3. The SMILES string of the molecule is CCC(N)(CC1CNCCO1)c1ccc(O)c2c1C(=O)c1ccccc1C2=O. The van der Waals surface area contributed by atoms with E-state index in [2.05, 4.69) is 5.32 Å². The van der Waals surface area contributed by atoms with E-state index in [0.717, 1.165) is 6.54 Å². The second-order valence-corrected chi connectivity index (χ2v) is 7.50. The van der Waals surface area contributed by atoms with Gasteiger partial charge in [-0.05, 0) is 24.5 Å². The van der Waals surface area contributed by atoms with Crippen LogP contribution in [-0.2, 0) is 10.3 Å². The number of phenolic OH excluding ortho intramolecular Hbond substituents is 1. The fourth-order valence-corrected chi connectivity index (χ4v) is 4.22. The summed E-state index contributed by atoms with van der Waals surface area (Å²) >= 11 is 0. The molecule has 6 heteroatoms. The number of nitrogens with one attached hydrogen (secondary N) is 1. The Hall–Kier alpha value is -2.54. The first kappa shape index (κ1) is 18.8. The Morgan fingerprint density at radius 3 is 2.43 bits per heavy atom. The topological polar surface area (TPSA) is 102 Å². The molecular weight excluding hydrogens is 356 g/mol. The largest absolute Gasteiger partial charge is 0.507 e. The first-order valence-electron chi connectivity index (χ1n) is 9.62. The van der Waals surface area contributed by atoms with E-state index in [0.29, 0.717) is 42.7 Å². The Labute approximate surface area is 163 Å². The number of aromatic hydroxyl groups is 1. The molecule has 1 aliphatic carbocycles. The zero-order valence-electron chi connectivity index (χ0n) is 15.8. The number of hydrogen-bond acceptors (Lipinski definition) is 6. The molecule has 0 saturated carbocycles. The molecule has 4 N–H and O–H groups in total. The number of ether oxygens (including phenoxy) is 1. The van der Waals surface area contributed by atoms with Gasteiger partial charge >= 0.3 is 0 Å². The van der Waals surface area contributed by atoms with Crippen molar-refractivity contribution < 1.29 is 19.4 Å². The molecule has 0 amide bonds. The van der Waals surface area contributed by atoms with Gasteiger partial charge in [0.1, 0.15) is 5.75 Å². The summed E-state index contributed by atoms with van der Waals surface area (Å²) in [5.74, 6) is -0.818. The van der Waals surface area contributed by atoms with Crippen LogP contribution in [0.5, 0.6) is 5.75 Å². The molecule has 2 aromatic rings. The predicted octanol–water partition coefficient (Wildman–Crippen LogP) is 2.11. The molecular formula is C22H24N2O4. The van der Waals surface area contributed by atoms with Gasteiger partial charge in [0.2, 0.25) is 0 Å². The number of rotatable bonds is 4. The van der Waals surface area contributed by atoms with Crippen molar-refractivity contribution in [2.45, 2.75) is 31.4 Å². The third kappa shape index (κ3) is 2.94. The number of fused-ring (bicyclic) bond motifs is 2. The Morgan fingerprint density at radius 1 is 1.14 bits per heavy atom. The molecule has 146 valence electrons. The number of carbonyl (C=O) groups excluding carboxylic acids is 2. The molecule has 0 spiro atoms. The second-order valence-electron chi connectivity index (χ2n) is 7.50. The van der Waals surface area contributed by atoms with Crippen LogP contribution in [0.2, 0.25) is 0 Å². The number of ketones is 2. The normalized spacial score (nSPS) is 21.0. The fraction of sp³-hybridized carbons (Fsp3) is 0.364. The van der Waals surface area contributed by atoms with Gasteiger partial charge in [0.15, 0.2) is 11.6 Å². The lowest BCUT2D eigenvalue weighted by atomic mass is 9.74. The summed E-state index contributed by atoms with van der Waals surface area (Å²) in [6.45, 7) is 4.06. The molecule has 4 rings (SSSR count). The van der Waals surface area contributed by atoms with Crippen molar-refractivity contribution >= 4 is 11.6 Å². The lowest BCUT2D eigenvalue weighted by Crippen LogP contribution is -2.47. The van der Waals surface area contributed by atoms with Crippen LogP contribution in [0.4, 0.5) is 0 Å². The first-order valence-corrected chi connectivity index (χ1v) is 9.62. The van der Waals surface area contributed by atoms with Crippen molar-refractivity contribution in [1.82, 2.24) is 5.32 Å². The number of morpholine rings is 1. The van der Waals surface area contributed by atoms with Crippen molar-refractivity contribution in [3.63, 3.8) is 0 Å². The van der Waals surface area contributed by atoms with Gasteiger partial charge in [0.05, 0.1) is 18.3 Å². The molecule has 28 heavy (non-hydrogen) atoms. The zero-order chi connectivity index (χ0) is 19.9. The highest BCUT2D eigenvalue weighted by atomic mass is 16.5. The Kier molecular flexibility index (Phi) is 4.79. The maximum Gasteiger partial charge on any atom is 0.198 e. The summed E-state index contributed by atoms with van der Waals surface area (Å²) in [5, 5.41) is 13.7. The monoisotopic (exact) mass is 380 g/mol. The standard InChI is InChI=1S/C22H24N2O4/c1-2-22(23,11-13-12-24-9-10-28-13)16-7-8-17(25)19-18(16)20(26)14-5-3-4-6-15(14)21(19)27/h3-8,13,24-25H,2,9-12,23H2,1H3. The van der Waals surface area contributed by atoms with Gasteiger partial charge in [-0.25, -0.2) is 0 Å². The van der Waals surface area contributed by atoms with Gasteiger partial charge in [0.25, 0.3) is 0 Å². The van der Waals surface area contributed by atoms with E-state index in [-0.39, 0.29) is 34.5 Å². The minimum atomic E-state index is -0.857. The number of phenols is 1. The third-order valence-corrected chi connectivity index (χ3v) is 5.82. The lowest BCUT2D eigenvalue weighted by Gasteiger charge is -2.37. The quantitative estimate of drug-likeness (QED) is 0.641. The minimum absolute atomic E-state index is 0.0483. The van der Waals surface area contributed by atoms with Crippen LogP contribution >= 0.6 is 0 Å². The Balaban J connectivity index is 1.85. The number of benzene rings is 2. The van der Waals surface area contributed by atoms with Crippen LogP contribution in [0.25, 0.3) is 0 Å². The highest BCUT2D eigenvalue weighted by molar-refractivity contribution is 6.29. The zero-order valence-corrected chi connectivity index (χ0v) is 15.8. The van der Waals surface area contributed by atoms with Crippen molar-refractivity contribution in [1.29, 1.82) is 0 Å². The predicted molar refractivity (Wildman–Crippen MR) is 105 cm³/mol. The van der Waals surface area contributed by atoms with Crippen molar-refractivity contribution in [2.75, 3.05) is 19.7 Å². The molecule has 2 atom stereocenters. The molecule has 1 heterocycles. The van der Waals surface area contributed by atoms with Gasteiger partial charge in [-0.15, -0.1) is 0 Å². The van der Waals surface area contributed by atoms with E-state index in [1.807, 2.05) is 6.92 Å². The van der Waals surface area contributed by atoms with Crippen molar-refractivity contribution in [3.05, 3.63) is 64.2 Å². The first-order chi connectivity index (χ1) is 13.5. The average Bonchev–Trinajstić information content (AvgIpc) is 2.72. The van der Waals surface area contributed by atoms with E-state index in [4.69, 9.17) is 10.5 Å². The summed E-state index contributed by atoms with van der Waals surface area (Å²) in [6, 6.07) is 9.83. The molecule has 1 fully saturated rings. The van der Waals surface area contributed by atoms with E-state index in [1.165, 1.54) is 6.07 Å². The molecule has 0 aromatic heterocycles. The summed E-state index contributed by atoms with van der Waals surface area (Å²) in [7, 11) is 0. The highest BCUT2D eigenvalue weighted by Gasteiger charge is 2.40. The molecule has 6 nitrogen and oxygen atoms in total. The van der Waals surface area contributed by atoms with Crippen molar-refractivity contribution in [3.8, 4) is 5.75 Å². The van der Waals surface area contributed by atoms with Gasteiger partial charge in [-0.3, -0.25) is 9.59 Å². The van der Waals surface area contributed by atoms with Crippen LogP contribution in [-0.4, -0.2) is 42.5 Å². The molecule has 2 unspecified atom stereocenters. The molecule has 2 aliphatic rings. The third-order valence-electron chi connectivity index (χ3n) is 5.82. The number of carbonyl (C=O) groups is 2. The summed E-state index contributed by atoms with van der Waals surface area (Å²) < 4.78 is 5.83. The van der Waals surface area contributed by atoms with Crippen LogP contribution in [0.15, 0.2) is 36.4 Å². The van der Waals surface area contributed by atoms with Crippen LogP contribution in [0.3, 0.4) is 0 Å². The van der Waals surface area contributed by atoms with Gasteiger partial charge in [-0.1, -0.05) is 37.3 Å². The number of hydrogen-bond donors (Lipinski definition) is 3. The highest BCUT2D eigenvalue weighted by Crippen LogP contribution is 2.40. The van der Waals surface area contributed by atoms with Crippen LogP contribution < -0.4 is 11.1 Å². The smallest absolute Gasteiger partial charge is 0.198 e. The molecule has 0 bridgehead atoms. The summed E-state index contributed by atoms with van der Waals surface area (Å²) in [5.41, 5.74) is 7.46. The van der Waals surface area contributed by atoms with Crippen LogP contribution in [0, 0.1) is 0 Å².